The predicted octanol–water partition coefficient (Wildman–Crippen LogP) is 0.403. The van der Waals surface area contributed by atoms with Gasteiger partial charge in [-0.1, -0.05) is 18.2 Å². The molecule has 5 atom stereocenters. The van der Waals surface area contributed by atoms with Gasteiger partial charge in [-0.05, 0) is 6.07 Å². The van der Waals surface area contributed by atoms with Crippen molar-refractivity contribution in [3.63, 3.8) is 0 Å². The monoisotopic (exact) mass is 410 g/mol. The molecule has 0 radical (unpaired) electrons. The molecule has 2 heterocycles. The van der Waals surface area contributed by atoms with Crippen LogP contribution >= 0.6 is 0 Å². The summed E-state index contributed by atoms with van der Waals surface area (Å²) in [6.45, 7) is -0.722. The second-order valence-electron chi connectivity index (χ2n) is 6.62. The van der Waals surface area contributed by atoms with Gasteiger partial charge in [0.2, 0.25) is 12.1 Å². The normalized spacial score (nSPS) is 27.4. The highest BCUT2D eigenvalue weighted by Crippen LogP contribution is 2.34. The Morgan fingerprint density at radius 3 is 2.41 bits per heavy atom. The first kappa shape index (κ1) is 19.7. The molecular weight excluding hydrogens is 394 g/mol. The van der Waals surface area contributed by atoms with Gasteiger partial charge in [-0.2, -0.15) is 4.39 Å². The molecule has 0 aliphatic carbocycles. The Morgan fingerprint density at radius 2 is 1.72 bits per heavy atom. The molecule has 1 saturated heterocycles. The number of benzene rings is 2. The van der Waals surface area contributed by atoms with E-state index < -0.39 is 65.9 Å². The van der Waals surface area contributed by atoms with Crippen LogP contribution in [-0.2, 0) is 4.74 Å². The highest BCUT2D eigenvalue weighted by Gasteiger charge is 2.45. The molecular formula is C19H16F2O8. The summed E-state index contributed by atoms with van der Waals surface area (Å²) in [6, 6.07) is 6.64. The lowest BCUT2D eigenvalue weighted by Crippen LogP contribution is -2.60. The number of rotatable bonds is 3. The van der Waals surface area contributed by atoms with Crippen molar-refractivity contribution in [2.24, 2.45) is 0 Å². The van der Waals surface area contributed by atoms with Gasteiger partial charge in [-0.15, -0.1) is 0 Å². The van der Waals surface area contributed by atoms with Gasteiger partial charge < -0.3 is 34.3 Å². The van der Waals surface area contributed by atoms with E-state index >= 15 is 0 Å². The van der Waals surface area contributed by atoms with Crippen molar-refractivity contribution in [2.75, 3.05) is 6.61 Å². The summed E-state index contributed by atoms with van der Waals surface area (Å²) >= 11 is 0. The largest absolute Gasteiger partial charge is 0.459 e. The second kappa shape index (κ2) is 7.32. The van der Waals surface area contributed by atoms with Crippen LogP contribution < -0.4 is 10.4 Å². The number of hydrogen-bond acceptors (Lipinski definition) is 8. The standard InChI is InChI=1S/C19H16F2O8/c20-9-5-10(27-19-16(25)15(24)14(23)11(6-22)28-19)13(21)17-12(9)7-3-1-2-4-8(7)18(26)29-17/h1-5,11,14-16,19,22-25H,6H2/t11-,14-,15+,16-,19-/m1/s1. The number of aliphatic hydroxyl groups is 4. The molecule has 0 bridgehead atoms. The van der Waals surface area contributed by atoms with E-state index in [1.54, 1.807) is 12.1 Å². The number of ether oxygens (including phenoxy) is 2. The Morgan fingerprint density at radius 1 is 1.03 bits per heavy atom. The van der Waals surface area contributed by atoms with E-state index in [1.807, 2.05) is 0 Å². The van der Waals surface area contributed by atoms with Crippen LogP contribution in [0.1, 0.15) is 0 Å². The molecule has 2 aromatic carbocycles. The summed E-state index contributed by atoms with van der Waals surface area (Å²) in [5.41, 5.74) is -1.57. The molecule has 4 N–H and O–H groups in total. The third kappa shape index (κ3) is 3.15. The minimum Gasteiger partial charge on any atom is -0.459 e. The van der Waals surface area contributed by atoms with Gasteiger partial charge >= 0.3 is 5.63 Å². The highest BCUT2D eigenvalue weighted by atomic mass is 19.1. The van der Waals surface area contributed by atoms with Gasteiger partial charge in [0.1, 0.15) is 30.2 Å². The van der Waals surface area contributed by atoms with Gasteiger partial charge in [-0.25, -0.2) is 9.18 Å². The Balaban J connectivity index is 1.80. The van der Waals surface area contributed by atoms with E-state index in [0.717, 1.165) is 0 Å². The van der Waals surface area contributed by atoms with Gasteiger partial charge in [0, 0.05) is 11.5 Å². The summed E-state index contributed by atoms with van der Waals surface area (Å²) in [7, 11) is 0. The molecule has 0 spiro atoms. The number of halogens is 2. The minimum absolute atomic E-state index is 0.0703. The van der Waals surface area contributed by atoms with Gasteiger partial charge in [0.15, 0.2) is 11.3 Å². The van der Waals surface area contributed by atoms with Crippen molar-refractivity contribution >= 4 is 21.7 Å². The average molecular weight is 410 g/mol. The van der Waals surface area contributed by atoms with Crippen LogP contribution in [0.3, 0.4) is 0 Å². The van der Waals surface area contributed by atoms with E-state index in [4.69, 9.17) is 13.9 Å². The summed E-state index contributed by atoms with van der Waals surface area (Å²) in [5, 5.41) is 38.7. The topological polar surface area (TPSA) is 130 Å². The molecule has 29 heavy (non-hydrogen) atoms. The fourth-order valence-electron chi connectivity index (χ4n) is 3.33. The highest BCUT2D eigenvalue weighted by molar-refractivity contribution is 6.05. The third-order valence-electron chi connectivity index (χ3n) is 4.84. The third-order valence-corrected chi connectivity index (χ3v) is 4.84. The van der Waals surface area contributed by atoms with Crippen LogP contribution in [0.15, 0.2) is 39.5 Å². The zero-order valence-electron chi connectivity index (χ0n) is 14.7. The van der Waals surface area contributed by atoms with E-state index in [1.165, 1.54) is 12.1 Å². The van der Waals surface area contributed by atoms with E-state index in [2.05, 4.69) is 0 Å². The summed E-state index contributed by atoms with van der Waals surface area (Å²) in [6.07, 6.45) is -8.26. The SMILES string of the molecule is O=c1oc2c(F)c(O[C@@H]3O[C@H](CO)[C@@H](O)[C@H](O)[C@H]3O)cc(F)c2c2ccccc12. The number of hydrogen-bond donors (Lipinski definition) is 4. The fraction of sp³-hybridized carbons (Fsp3) is 0.316. The minimum atomic E-state index is -1.82. The lowest BCUT2D eigenvalue weighted by atomic mass is 9.99. The van der Waals surface area contributed by atoms with Crippen molar-refractivity contribution in [3.8, 4) is 5.75 Å². The van der Waals surface area contributed by atoms with Crippen molar-refractivity contribution in [1.29, 1.82) is 0 Å². The van der Waals surface area contributed by atoms with Crippen LogP contribution in [0.2, 0.25) is 0 Å². The zero-order chi connectivity index (χ0) is 20.9. The molecule has 8 nitrogen and oxygen atoms in total. The quantitative estimate of drug-likeness (QED) is 0.361. The van der Waals surface area contributed by atoms with Crippen molar-refractivity contribution in [2.45, 2.75) is 30.7 Å². The van der Waals surface area contributed by atoms with Crippen LogP contribution in [0.4, 0.5) is 8.78 Å². The lowest BCUT2D eigenvalue weighted by Gasteiger charge is -2.39. The van der Waals surface area contributed by atoms with Crippen LogP contribution in [0, 0.1) is 11.6 Å². The molecule has 1 aliphatic rings. The van der Waals surface area contributed by atoms with Crippen LogP contribution in [-0.4, -0.2) is 57.7 Å². The molecule has 154 valence electrons. The van der Waals surface area contributed by atoms with Crippen molar-refractivity contribution in [3.05, 3.63) is 52.4 Å². The van der Waals surface area contributed by atoms with E-state index in [9.17, 15) is 34.0 Å². The molecule has 4 rings (SSSR count). The zero-order valence-corrected chi connectivity index (χ0v) is 14.7. The average Bonchev–Trinajstić information content (AvgIpc) is 2.72. The summed E-state index contributed by atoms with van der Waals surface area (Å²) in [5.74, 6) is -2.93. The Labute approximate surface area is 161 Å². The molecule has 0 unspecified atom stereocenters. The van der Waals surface area contributed by atoms with E-state index in [0.29, 0.717) is 6.07 Å². The molecule has 1 aliphatic heterocycles. The molecule has 1 fully saturated rings. The first-order chi connectivity index (χ1) is 13.8. The number of aliphatic hydroxyl groups excluding tert-OH is 4. The Hall–Kier alpha value is -2.63. The van der Waals surface area contributed by atoms with Crippen LogP contribution in [0.25, 0.3) is 21.7 Å². The molecule has 10 heteroatoms. The molecule has 1 aromatic heterocycles. The van der Waals surface area contributed by atoms with Crippen molar-refractivity contribution < 1.29 is 43.1 Å². The maximum absolute atomic E-state index is 15.0. The molecule has 3 aromatic rings. The Kier molecular flexibility index (Phi) is 4.97. The predicted molar refractivity (Wildman–Crippen MR) is 94.3 cm³/mol. The van der Waals surface area contributed by atoms with Crippen molar-refractivity contribution in [1.82, 2.24) is 0 Å². The maximum atomic E-state index is 15.0. The second-order valence-corrected chi connectivity index (χ2v) is 6.62. The van der Waals surface area contributed by atoms with Gasteiger partial charge in [-0.3, -0.25) is 0 Å². The lowest BCUT2D eigenvalue weighted by molar-refractivity contribution is -0.277. The van der Waals surface area contributed by atoms with Crippen LogP contribution in [0.5, 0.6) is 5.75 Å². The van der Waals surface area contributed by atoms with E-state index in [-0.39, 0.29) is 16.2 Å². The molecule has 0 amide bonds. The summed E-state index contributed by atoms with van der Waals surface area (Å²) < 4.78 is 45.0. The maximum Gasteiger partial charge on any atom is 0.344 e. The van der Waals surface area contributed by atoms with Gasteiger partial charge in [0.25, 0.3) is 0 Å². The number of fused-ring (bicyclic) bond motifs is 3. The Bertz CT molecular complexity index is 1130. The first-order valence-electron chi connectivity index (χ1n) is 8.64. The molecule has 0 saturated carbocycles. The first-order valence-corrected chi connectivity index (χ1v) is 8.64. The summed E-state index contributed by atoms with van der Waals surface area (Å²) in [4.78, 5) is 12.1. The van der Waals surface area contributed by atoms with Gasteiger partial charge in [0.05, 0.1) is 17.4 Å². The fourth-order valence-corrected chi connectivity index (χ4v) is 3.33. The smallest absolute Gasteiger partial charge is 0.344 e.